The van der Waals surface area contributed by atoms with Crippen LogP contribution in [0.3, 0.4) is 0 Å². The van der Waals surface area contributed by atoms with Crippen molar-refractivity contribution in [1.29, 1.82) is 0 Å². The molecular weight excluding hydrogens is 322 g/mol. The second-order valence-corrected chi connectivity index (χ2v) is 6.68. The predicted molar refractivity (Wildman–Crippen MR) is 96.4 cm³/mol. The van der Waals surface area contributed by atoms with Crippen LogP contribution in [0.2, 0.25) is 0 Å². The molecule has 2 amide bonds. The van der Waals surface area contributed by atoms with Crippen LogP contribution in [0.5, 0.6) is 11.5 Å². The van der Waals surface area contributed by atoms with Gasteiger partial charge < -0.3 is 25.4 Å². The topological polar surface area (TPSA) is 88.7 Å². The van der Waals surface area contributed by atoms with Gasteiger partial charge in [0.1, 0.15) is 0 Å². The molecule has 0 radical (unpaired) electrons. The lowest BCUT2D eigenvalue weighted by molar-refractivity contribution is -0.114. The van der Waals surface area contributed by atoms with E-state index >= 15 is 0 Å². The molecule has 1 aliphatic heterocycles. The van der Waals surface area contributed by atoms with E-state index in [-0.39, 0.29) is 17.2 Å². The fraction of sp³-hybridized carbons (Fsp3) is 0.556. The Morgan fingerprint density at radius 1 is 1.20 bits per heavy atom. The monoisotopic (exact) mass is 349 g/mol. The maximum Gasteiger partial charge on any atom is 0.251 e. The van der Waals surface area contributed by atoms with Gasteiger partial charge in [-0.05, 0) is 43.5 Å². The molecule has 1 fully saturated rings. The Labute approximate surface area is 148 Å². The van der Waals surface area contributed by atoms with Crippen LogP contribution in [0.1, 0.15) is 37.0 Å². The molecule has 0 aromatic heterocycles. The Bertz CT molecular complexity index is 639. The van der Waals surface area contributed by atoms with E-state index in [1.807, 2.05) is 0 Å². The first-order valence-corrected chi connectivity index (χ1v) is 8.41. The highest BCUT2D eigenvalue weighted by Crippen LogP contribution is 2.36. The zero-order valence-electron chi connectivity index (χ0n) is 15.3. The minimum Gasteiger partial charge on any atom is -0.493 e. The van der Waals surface area contributed by atoms with Gasteiger partial charge in [-0.15, -0.1) is 0 Å². The molecular formula is C18H27N3O4. The van der Waals surface area contributed by atoms with E-state index < -0.39 is 0 Å². The SMILES string of the molecule is COc1cc(C(=O)NCC2(C)CCNCC2)cc(NC(C)=O)c1OC. The van der Waals surface area contributed by atoms with Crippen molar-refractivity contribution < 1.29 is 19.1 Å². The number of rotatable bonds is 6. The minimum atomic E-state index is -0.250. The molecule has 0 spiro atoms. The normalized spacial score (nSPS) is 16.0. The van der Waals surface area contributed by atoms with Gasteiger partial charge in [-0.25, -0.2) is 0 Å². The molecule has 7 nitrogen and oxygen atoms in total. The number of nitrogens with one attached hydrogen (secondary N) is 3. The van der Waals surface area contributed by atoms with Gasteiger partial charge in [0, 0.05) is 19.0 Å². The molecule has 1 saturated heterocycles. The molecule has 1 aliphatic rings. The summed E-state index contributed by atoms with van der Waals surface area (Å²) in [5.41, 5.74) is 0.921. The molecule has 25 heavy (non-hydrogen) atoms. The molecule has 7 heteroatoms. The highest BCUT2D eigenvalue weighted by Gasteiger charge is 2.27. The molecule has 0 unspecified atom stereocenters. The van der Waals surface area contributed by atoms with Crippen LogP contribution in [0, 0.1) is 5.41 Å². The number of carbonyl (C=O) groups excluding carboxylic acids is 2. The zero-order chi connectivity index (χ0) is 18.4. The number of hydrogen-bond donors (Lipinski definition) is 3. The first kappa shape index (κ1) is 19.1. The third kappa shape index (κ3) is 4.85. The van der Waals surface area contributed by atoms with Crippen LogP contribution in [-0.4, -0.2) is 45.7 Å². The smallest absolute Gasteiger partial charge is 0.251 e. The summed E-state index contributed by atoms with van der Waals surface area (Å²) in [4.78, 5) is 24.0. The Morgan fingerprint density at radius 3 is 2.44 bits per heavy atom. The average Bonchev–Trinajstić information content (AvgIpc) is 2.59. The molecule has 0 atom stereocenters. The predicted octanol–water partition coefficient (Wildman–Crippen LogP) is 1.78. The highest BCUT2D eigenvalue weighted by atomic mass is 16.5. The number of ether oxygens (including phenoxy) is 2. The largest absolute Gasteiger partial charge is 0.493 e. The summed E-state index contributed by atoms with van der Waals surface area (Å²) in [6, 6.07) is 3.22. The van der Waals surface area contributed by atoms with E-state index in [0.29, 0.717) is 29.3 Å². The van der Waals surface area contributed by atoms with Gasteiger partial charge in [-0.2, -0.15) is 0 Å². The average molecular weight is 349 g/mol. The standard InChI is InChI=1S/C18H27N3O4/c1-12(22)21-14-9-13(10-15(24-3)16(14)25-4)17(23)20-11-18(2)5-7-19-8-6-18/h9-10,19H,5-8,11H2,1-4H3,(H,20,23)(H,21,22). The molecule has 0 aliphatic carbocycles. The second-order valence-electron chi connectivity index (χ2n) is 6.68. The van der Waals surface area contributed by atoms with Gasteiger partial charge in [-0.3, -0.25) is 9.59 Å². The van der Waals surface area contributed by atoms with E-state index in [9.17, 15) is 9.59 Å². The van der Waals surface area contributed by atoms with Crippen LogP contribution in [0.15, 0.2) is 12.1 Å². The van der Waals surface area contributed by atoms with Crippen LogP contribution >= 0.6 is 0 Å². The zero-order valence-corrected chi connectivity index (χ0v) is 15.3. The number of benzene rings is 1. The lowest BCUT2D eigenvalue weighted by Gasteiger charge is -2.34. The third-order valence-corrected chi connectivity index (χ3v) is 4.54. The number of piperidine rings is 1. The van der Waals surface area contributed by atoms with Crippen molar-refractivity contribution >= 4 is 17.5 Å². The lowest BCUT2D eigenvalue weighted by Crippen LogP contribution is -2.42. The summed E-state index contributed by atoms with van der Waals surface area (Å²) in [6.07, 6.45) is 2.05. The quantitative estimate of drug-likeness (QED) is 0.729. The van der Waals surface area contributed by atoms with E-state index in [1.165, 1.54) is 21.1 Å². The summed E-state index contributed by atoms with van der Waals surface area (Å²) in [7, 11) is 2.98. The fourth-order valence-electron chi connectivity index (χ4n) is 2.98. The summed E-state index contributed by atoms with van der Waals surface area (Å²) < 4.78 is 10.6. The van der Waals surface area contributed by atoms with Crippen molar-refractivity contribution in [1.82, 2.24) is 10.6 Å². The number of methoxy groups -OCH3 is 2. The summed E-state index contributed by atoms with van der Waals surface area (Å²) in [6.45, 7) is 6.13. The Balaban J connectivity index is 2.19. The Hall–Kier alpha value is -2.28. The molecule has 0 bridgehead atoms. The summed E-state index contributed by atoms with van der Waals surface area (Å²) in [5.74, 6) is 0.332. The first-order valence-electron chi connectivity index (χ1n) is 8.41. The highest BCUT2D eigenvalue weighted by molar-refractivity contribution is 5.99. The molecule has 3 N–H and O–H groups in total. The van der Waals surface area contributed by atoms with Crippen LogP contribution < -0.4 is 25.4 Å². The second kappa shape index (κ2) is 8.20. The number of hydrogen-bond acceptors (Lipinski definition) is 5. The van der Waals surface area contributed by atoms with Crippen molar-refractivity contribution in [2.75, 3.05) is 39.2 Å². The van der Waals surface area contributed by atoms with Crippen molar-refractivity contribution in [2.24, 2.45) is 5.41 Å². The van der Waals surface area contributed by atoms with Gasteiger partial charge in [0.25, 0.3) is 5.91 Å². The van der Waals surface area contributed by atoms with Crippen molar-refractivity contribution in [3.8, 4) is 11.5 Å². The van der Waals surface area contributed by atoms with Gasteiger partial charge in [0.05, 0.1) is 19.9 Å². The molecule has 1 heterocycles. The Morgan fingerprint density at radius 2 is 1.88 bits per heavy atom. The van der Waals surface area contributed by atoms with Crippen LogP contribution in [0.25, 0.3) is 0 Å². The summed E-state index contributed by atoms with van der Waals surface area (Å²) in [5, 5.41) is 9.01. The van der Waals surface area contributed by atoms with E-state index in [4.69, 9.17) is 9.47 Å². The number of amides is 2. The van der Waals surface area contributed by atoms with Crippen molar-refractivity contribution in [2.45, 2.75) is 26.7 Å². The molecule has 1 aromatic rings. The van der Waals surface area contributed by atoms with Crippen LogP contribution in [0.4, 0.5) is 5.69 Å². The summed E-state index contributed by atoms with van der Waals surface area (Å²) >= 11 is 0. The van der Waals surface area contributed by atoms with Crippen molar-refractivity contribution in [3.63, 3.8) is 0 Å². The van der Waals surface area contributed by atoms with Gasteiger partial charge in [-0.1, -0.05) is 6.92 Å². The number of anilines is 1. The van der Waals surface area contributed by atoms with Gasteiger partial charge in [0.2, 0.25) is 5.91 Å². The van der Waals surface area contributed by atoms with E-state index in [0.717, 1.165) is 25.9 Å². The van der Waals surface area contributed by atoms with Crippen molar-refractivity contribution in [3.05, 3.63) is 17.7 Å². The third-order valence-electron chi connectivity index (χ3n) is 4.54. The molecule has 1 aromatic carbocycles. The molecule has 138 valence electrons. The minimum absolute atomic E-state index is 0.0952. The van der Waals surface area contributed by atoms with Crippen LogP contribution in [-0.2, 0) is 4.79 Å². The maximum atomic E-state index is 12.6. The fourth-order valence-corrected chi connectivity index (χ4v) is 2.98. The maximum absolute atomic E-state index is 12.6. The lowest BCUT2D eigenvalue weighted by atomic mass is 9.81. The van der Waals surface area contributed by atoms with Gasteiger partial charge in [0.15, 0.2) is 11.5 Å². The van der Waals surface area contributed by atoms with E-state index in [1.54, 1.807) is 12.1 Å². The van der Waals surface area contributed by atoms with E-state index in [2.05, 4.69) is 22.9 Å². The van der Waals surface area contributed by atoms with Gasteiger partial charge >= 0.3 is 0 Å². The molecule has 0 saturated carbocycles. The molecule has 2 rings (SSSR count). The Kier molecular flexibility index (Phi) is 6.25. The first-order chi connectivity index (χ1) is 11.9. The number of carbonyl (C=O) groups is 2.